The first-order chi connectivity index (χ1) is 25.1. The molecule has 0 atom stereocenters. The molecule has 2 aliphatic rings. The summed E-state index contributed by atoms with van der Waals surface area (Å²) < 4.78 is 0. The smallest absolute Gasteiger partial charge is 0.0457 e. The maximum atomic E-state index is 4.70. The van der Waals surface area contributed by atoms with Crippen LogP contribution in [0.4, 0.5) is 5.69 Å². The average molecular weight is 700 g/mol. The van der Waals surface area contributed by atoms with Gasteiger partial charge in [-0.05, 0) is 112 Å². The predicted molar refractivity (Wildman–Crippen MR) is 229 cm³/mol. The maximum Gasteiger partial charge on any atom is 0.0457 e. The SMILES string of the molecule is C=C(/C=C/C1=C(Sc2ccccc2)C(=C/C=C2/N(CCCC)c3ccc4ccccc4c3C2(C)C)/CCC1)C(C)(C)c1c(C)ccc2ccccc12. The highest BCUT2D eigenvalue weighted by molar-refractivity contribution is 8.03. The van der Waals surface area contributed by atoms with E-state index >= 15 is 0 Å². The Morgan fingerprint density at radius 3 is 2.25 bits per heavy atom. The summed E-state index contributed by atoms with van der Waals surface area (Å²) in [4.78, 5) is 5.27. The van der Waals surface area contributed by atoms with Gasteiger partial charge in [-0.25, -0.2) is 0 Å². The van der Waals surface area contributed by atoms with Gasteiger partial charge in [-0.2, -0.15) is 0 Å². The Morgan fingerprint density at radius 2 is 1.50 bits per heavy atom. The molecule has 0 saturated heterocycles. The van der Waals surface area contributed by atoms with Crippen molar-refractivity contribution in [3.05, 3.63) is 178 Å². The first-order valence-corrected chi connectivity index (χ1v) is 20.0. The lowest BCUT2D eigenvalue weighted by molar-refractivity contribution is 0.628. The van der Waals surface area contributed by atoms with Crippen molar-refractivity contribution in [3.63, 3.8) is 0 Å². The van der Waals surface area contributed by atoms with E-state index in [1.54, 1.807) is 0 Å². The number of nitrogens with zero attached hydrogens (tertiary/aromatic N) is 1. The highest BCUT2D eigenvalue weighted by atomic mass is 32.2. The van der Waals surface area contributed by atoms with Crippen LogP contribution in [0.5, 0.6) is 0 Å². The van der Waals surface area contributed by atoms with E-state index in [1.165, 1.54) is 83.4 Å². The van der Waals surface area contributed by atoms with Gasteiger partial charge < -0.3 is 4.90 Å². The normalized spacial score (nSPS) is 17.6. The Kier molecular flexibility index (Phi) is 10.2. The summed E-state index contributed by atoms with van der Waals surface area (Å²) >= 11 is 1.91. The van der Waals surface area contributed by atoms with E-state index in [2.05, 4.69) is 174 Å². The van der Waals surface area contributed by atoms with Gasteiger partial charge in [-0.3, -0.25) is 0 Å². The zero-order chi connectivity index (χ0) is 36.5. The fraction of sp³-hybridized carbons (Fsp3) is 0.280. The van der Waals surface area contributed by atoms with Gasteiger partial charge in [0.1, 0.15) is 0 Å². The second-order valence-corrected chi connectivity index (χ2v) is 16.7. The number of unbranched alkanes of at least 4 members (excludes halogenated alkanes) is 1. The summed E-state index contributed by atoms with van der Waals surface area (Å²) in [5.41, 5.74) is 10.5. The molecule has 5 aromatic rings. The number of hydrogen-bond donors (Lipinski definition) is 0. The van der Waals surface area contributed by atoms with Gasteiger partial charge in [-0.1, -0.05) is 163 Å². The quantitative estimate of drug-likeness (QED) is 0.134. The van der Waals surface area contributed by atoms with E-state index in [4.69, 9.17) is 6.58 Å². The molecule has 1 aliphatic carbocycles. The molecule has 2 heteroatoms. The number of benzene rings is 5. The van der Waals surface area contributed by atoms with Crippen LogP contribution >= 0.6 is 11.8 Å². The third-order valence-corrected chi connectivity index (χ3v) is 12.7. The van der Waals surface area contributed by atoms with E-state index in [1.807, 2.05) is 11.8 Å². The van der Waals surface area contributed by atoms with Crippen LogP contribution in [0, 0.1) is 6.92 Å². The van der Waals surface area contributed by atoms with E-state index in [0.29, 0.717) is 0 Å². The Hall–Kier alpha value is -4.53. The molecule has 0 N–H and O–H groups in total. The standard InChI is InChI=1S/C50H53NS/c1-8-9-34-51-44-32-30-38-19-14-16-25-43(38)47(44)50(6,7)45(51)33-31-40-21-17-20-39(48(40)52-41-22-11-10-12-23-41)29-27-36(3)49(4,5)46-35(2)26-28-37-18-13-15-24-42(37)46/h10-16,18-19,22-33H,3,8-9,17,20-21,34H2,1-2,4-7H3/b29-27+,40-31+,45-33+. The molecular formula is C50H53NS. The highest BCUT2D eigenvalue weighted by Gasteiger charge is 2.41. The van der Waals surface area contributed by atoms with Crippen molar-refractivity contribution >= 4 is 39.0 Å². The second kappa shape index (κ2) is 14.8. The molecule has 0 spiro atoms. The van der Waals surface area contributed by atoms with E-state index in [9.17, 15) is 0 Å². The Balaban J connectivity index is 1.29. The van der Waals surface area contributed by atoms with Gasteiger partial charge in [-0.15, -0.1) is 0 Å². The molecule has 1 heterocycles. The van der Waals surface area contributed by atoms with Crippen LogP contribution in [-0.4, -0.2) is 6.54 Å². The molecule has 0 fully saturated rings. The topological polar surface area (TPSA) is 3.24 Å². The van der Waals surface area contributed by atoms with Crippen LogP contribution in [0.15, 0.2) is 166 Å². The number of thioether (sulfide) groups is 1. The summed E-state index contributed by atoms with van der Waals surface area (Å²) in [6.07, 6.45) is 15.2. The molecule has 5 aromatic carbocycles. The lowest BCUT2D eigenvalue weighted by Gasteiger charge is -2.30. The van der Waals surface area contributed by atoms with Crippen LogP contribution in [0.1, 0.15) is 83.4 Å². The van der Waals surface area contributed by atoms with Crippen molar-refractivity contribution in [1.29, 1.82) is 0 Å². The number of allylic oxidation sites excluding steroid dienone is 8. The minimum Gasteiger partial charge on any atom is -0.344 e. The zero-order valence-electron chi connectivity index (χ0n) is 31.9. The minimum absolute atomic E-state index is 0.113. The van der Waals surface area contributed by atoms with Gasteiger partial charge in [0.25, 0.3) is 0 Å². The molecular weight excluding hydrogens is 647 g/mol. The molecule has 0 bridgehead atoms. The van der Waals surface area contributed by atoms with Crippen molar-refractivity contribution in [3.8, 4) is 0 Å². The van der Waals surface area contributed by atoms with Gasteiger partial charge in [0.15, 0.2) is 0 Å². The largest absolute Gasteiger partial charge is 0.344 e. The molecule has 264 valence electrons. The Morgan fingerprint density at radius 1 is 0.827 bits per heavy atom. The molecule has 7 rings (SSSR count). The molecule has 0 saturated carbocycles. The Labute approximate surface area is 316 Å². The molecule has 1 nitrogen and oxygen atoms in total. The third-order valence-electron chi connectivity index (χ3n) is 11.4. The number of hydrogen-bond acceptors (Lipinski definition) is 2. The van der Waals surface area contributed by atoms with Gasteiger partial charge >= 0.3 is 0 Å². The molecule has 52 heavy (non-hydrogen) atoms. The fourth-order valence-corrected chi connectivity index (χ4v) is 9.64. The lowest BCUT2D eigenvalue weighted by atomic mass is 9.74. The monoisotopic (exact) mass is 699 g/mol. The van der Waals surface area contributed by atoms with Crippen LogP contribution in [0.25, 0.3) is 21.5 Å². The number of aryl methyl sites for hydroxylation is 1. The first kappa shape index (κ1) is 35.9. The van der Waals surface area contributed by atoms with Crippen LogP contribution in [0.2, 0.25) is 0 Å². The summed E-state index contributed by atoms with van der Waals surface area (Å²) in [5, 5.41) is 5.28. The number of fused-ring (bicyclic) bond motifs is 4. The third kappa shape index (κ3) is 6.74. The van der Waals surface area contributed by atoms with Crippen LogP contribution < -0.4 is 4.90 Å². The minimum atomic E-state index is -0.221. The van der Waals surface area contributed by atoms with E-state index < -0.39 is 0 Å². The summed E-state index contributed by atoms with van der Waals surface area (Å²) in [6, 6.07) is 37.7. The van der Waals surface area contributed by atoms with Gasteiger partial charge in [0, 0.05) is 38.6 Å². The zero-order valence-corrected chi connectivity index (χ0v) is 32.7. The molecule has 0 aromatic heterocycles. The van der Waals surface area contributed by atoms with Crippen molar-refractivity contribution < 1.29 is 0 Å². The van der Waals surface area contributed by atoms with Crippen LogP contribution in [-0.2, 0) is 10.8 Å². The van der Waals surface area contributed by atoms with Crippen LogP contribution in [0.3, 0.4) is 0 Å². The van der Waals surface area contributed by atoms with Crippen molar-refractivity contribution in [2.24, 2.45) is 0 Å². The van der Waals surface area contributed by atoms with Crippen molar-refractivity contribution in [2.75, 3.05) is 11.4 Å². The van der Waals surface area contributed by atoms with Crippen molar-refractivity contribution in [2.45, 2.75) is 89.4 Å². The number of anilines is 1. The first-order valence-electron chi connectivity index (χ1n) is 19.1. The Bertz CT molecular complexity index is 2260. The van der Waals surface area contributed by atoms with E-state index in [0.717, 1.165) is 31.4 Å². The molecule has 1 aliphatic heterocycles. The summed E-state index contributed by atoms with van der Waals surface area (Å²) in [5.74, 6) is 0. The lowest BCUT2D eigenvalue weighted by Crippen LogP contribution is -2.27. The number of rotatable bonds is 10. The summed E-state index contributed by atoms with van der Waals surface area (Å²) in [7, 11) is 0. The molecule has 0 unspecified atom stereocenters. The maximum absolute atomic E-state index is 4.70. The van der Waals surface area contributed by atoms with E-state index in [-0.39, 0.29) is 10.8 Å². The van der Waals surface area contributed by atoms with Crippen molar-refractivity contribution in [1.82, 2.24) is 0 Å². The second-order valence-electron chi connectivity index (χ2n) is 15.6. The molecule has 0 radical (unpaired) electrons. The average Bonchev–Trinajstić information content (AvgIpc) is 3.37. The fourth-order valence-electron chi connectivity index (χ4n) is 8.51. The predicted octanol–water partition coefficient (Wildman–Crippen LogP) is 14.3. The summed E-state index contributed by atoms with van der Waals surface area (Å²) in [6.45, 7) is 19.8. The molecule has 0 amide bonds. The van der Waals surface area contributed by atoms with Gasteiger partial charge in [0.2, 0.25) is 0 Å². The van der Waals surface area contributed by atoms with Gasteiger partial charge in [0.05, 0.1) is 0 Å². The highest BCUT2D eigenvalue weighted by Crippen LogP contribution is 2.51.